The molecule has 12 N–H and O–H groups in total. The SMILES string of the molecule is C=C1C[C@@]23CC[C@H]4[C@@](C)(CCC[C@@]4(C)C(=O)N[C@H](C)C(=O)O)[C@@H]2CC[C@]1(O[C@@H]1O[C@H](CO)[C@@H](O)[C@H](O[C@@H]2O[C@H](CO)[C@@H](O)[C@H](O)[C@H]2O)[C@H]1O[C@@H]1O[C@H](CO)[C@@H](O)[C@H](O)[C@H]1O)C3. The highest BCUT2D eigenvalue weighted by molar-refractivity contribution is 5.87. The first kappa shape index (κ1) is 47.0. The van der Waals surface area contributed by atoms with Gasteiger partial charge < -0.3 is 89.9 Å². The molecule has 3 aliphatic heterocycles. The molecule has 7 fully saturated rings. The Bertz CT molecular complexity index is 1620. The molecule has 0 radical (unpaired) electrons. The zero-order valence-corrected chi connectivity index (χ0v) is 34.8. The predicted molar refractivity (Wildman–Crippen MR) is 204 cm³/mol. The third-order valence-corrected chi connectivity index (χ3v) is 15.8. The van der Waals surface area contributed by atoms with Gasteiger partial charge in [-0.2, -0.15) is 0 Å². The Labute approximate surface area is 353 Å². The molecular weight excluding hydrogens is 810 g/mol. The van der Waals surface area contributed by atoms with Crippen molar-refractivity contribution in [1.82, 2.24) is 5.32 Å². The van der Waals surface area contributed by atoms with Crippen LogP contribution in [0.5, 0.6) is 0 Å². The van der Waals surface area contributed by atoms with Gasteiger partial charge in [0.2, 0.25) is 5.91 Å². The third kappa shape index (κ3) is 7.89. The summed E-state index contributed by atoms with van der Waals surface area (Å²) in [6.45, 7) is 7.79. The third-order valence-electron chi connectivity index (χ3n) is 15.8. The number of carbonyl (C=O) groups is 2. The molecule has 7 aliphatic rings. The molecule has 0 aromatic heterocycles. The number of carbonyl (C=O) groups excluding carboxylic acids is 1. The van der Waals surface area contributed by atoms with E-state index in [2.05, 4.69) is 18.8 Å². The summed E-state index contributed by atoms with van der Waals surface area (Å²) in [7, 11) is 0. The van der Waals surface area contributed by atoms with Crippen molar-refractivity contribution in [3.8, 4) is 0 Å². The van der Waals surface area contributed by atoms with Crippen molar-refractivity contribution in [2.45, 2.75) is 182 Å². The molecule has 0 unspecified atom stereocenters. The highest BCUT2D eigenvalue weighted by Crippen LogP contribution is 2.73. The van der Waals surface area contributed by atoms with E-state index in [4.69, 9.17) is 28.4 Å². The number of aliphatic hydroxyl groups excluding tert-OH is 10. The molecule has 0 aromatic rings. The summed E-state index contributed by atoms with van der Waals surface area (Å²) in [4.78, 5) is 25.5. The topological polar surface area (TPSA) is 324 Å². The van der Waals surface area contributed by atoms with Crippen molar-refractivity contribution in [2.75, 3.05) is 19.8 Å². The second-order valence-electron chi connectivity index (χ2n) is 19.2. The largest absolute Gasteiger partial charge is 0.480 e. The van der Waals surface area contributed by atoms with E-state index in [0.717, 1.165) is 24.8 Å². The summed E-state index contributed by atoms with van der Waals surface area (Å²) in [6, 6.07) is -1.04. The van der Waals surface area contributed by atoms with Crippen LogP contribution in [0.15, 0.2) is 12.2 Å². The van der Waals surface area contributed by atoms with Crippen molar-refractivity contribution in [3.63, 3.8) is 0 Å². The lowest BCUT2D eigenvalue weighted by molar-refractivity contribution is -0.400. The van der Waals surface area contributed by atoms with Crippen molar-refractivity contribution in [2.24, 2.45) is 28.1 Å². The van der Waals surface area contributed by atoms with Crippen molar-refractivity contribution < 1.29 is 94.2 Å². The molecule has 20 nitrogen and oxygen atoms in total. The molecule has 7 rings (SSSR count). The standard InChI is InChI=1S/C41H65NO19/c1-17-12-40-10-6-22-38(3,8-5-9-39(22,4)37(55)42-18(2)33(53)54)23(40)7-11-41(17,16-40)61-36-32(60-35-30(52)28(50)25(47)20(14-44)57-35)31(26(48)21(15-45)58-36)59-34-29(51)27(49)24(46)19(13-43)56-34/h18-32,34-36,43-52H,1,5-16H2,2-4H3,(H,42,55)(H,53,54)/t18-,19-,20-,21-,22+,23+,24-,25-,26-,27+,28+,29-,30-,31+,32-,34+,35+,36+,38-,39-,40-,41+/m1/s1. The van der Waals surface area contributed by atoms with Gasteiger partial charge in [0.25, 0.3) is 0 Å². The summed E-state index contributed by atoms with van der Waals surface area (Å²) in [6.07, 6.45) is -19.9. The van der Waals surface area contributed by atoms with Crippen LogP contribution in [-0.2, 0) is 38.0 Å². The number of carboxylic acid groups (broad SMARTS) is 1. The smallest absolute Gasteiger partial charge is 0.325 e. The maximum absolute atomic E-state index is 13.8. The zero-order valence-electron chi connectivity index (χ0n) is 34.8. The quantitative estimate of drug-likeness (QED) is 0.0693. The molecule has 4 aliphatic carbocycles. The lowest BCUT2D eigenvalue weighted by atomic mass is 9.40. The number of hydrogen-bond donors (Lipinski definition) is 12. The van der Waals surface area contributed by atoms with E-state index in [1.165, 1.54) is 6.92 Å². The second kappa shape index (κ2) is 17.4. The van der Waals surface area contributed by atoms with E-state index in [1.807, 2.05) is 6.92 Å². The number of hydrogen-bond acceptors (Lipinski definition) is 18. The Kier molecular flexibility index (Phi) is 13.4. The van der Waals surface area contributed by atoms with Crippen LogP contribution in [-0.4, -0.2) is 192 Å². The van der Waals surface area contributed by atoms with Crippen LogP contribution in [0.2, 0.25) is 0 Å². The molecule has 1 amide bonds. The van der Waals surface area contributed by atoms with Crippen LogP contribution in [0.1, 0.15) is 78.6 Å². The number of aliphatic carboxylic acids is 1. The lowest BCUT2D eigenvalue weighted by Crippen LogP contribution is -2.68. The lowest BCUT2D eigenvalue weighted by Gasteiger charge is -2.64. The van der Waals surface area contributed by atoms with Gasteiger partial charge in [-0.1, -0.05) is 26.8 Å². The predicted octanol–water partition coefficient (Wildman–Crippen LogP) is -2.87. The number of amides is 1. The molecule has 20 heteroatoms. The fourth-order valence-electron chi connectivity index (χ4n) is 12.5. The first-order chi connectivity index (χ1) is 28.7. The van der Waals surface area contributed by atoms with Gasteiger partial charge in [-0.3, -0.25) is 9.59 Å². The van der Waals surface area contributed by atoms with Crippen LogP contribution in [0.25, 0.3) is 0 Å². The summed E-state index contributed by atoms with van der Waals surface area (Å²) in [5.74, 6) is -1.28. The Balaban J connectivity index is 1.19. The minimum atomic E-state index is -1.93. The fourth-order valence-corrected chi connectivity index (χ4v) is 12.5. The summed E-state index contributed by atoms with van der Waals surface area (Å²) >= 11 is 0. The summed E-state index contributed by atoms with van der Waals surface area (Å²) < 4.78 is 36.8. The highest BCUT2D eigenvalue weighted by atomic mass is 16.8. The normalized spacial score (nSPS) is 51.6. The number of fused-ring (bicyclic) bond motifs is 3. The van der Waals surface area contributed by atoms with Gasteiger partial charge in [-0.25, -0.2) is 0 Å². The molecule has 0 aromatic carbocycles. The average Bonchev–Trinajstić information content (AvgIpc) is 3.42. The van der Waals surface area contributed by atoms with E-state index in [9.17, 15) is 65.8 Å². The first-order valence-electron chi connectivity index (χ1n) is 21.5. The van der Waals surface area contributed by atoms with E-state index < -0.39 is 135 Å². The molecule has 2 bridgehead atoms. The monoisotopic (exact) mass is 875 g/mol. The van der Waals surface area contributed by atoms with Gasteiger partial charge in [0, 0.05) is 5.41 Å². The maximum Gasteiger partial charge on any atom is 0.325 e. The Morgan fingerprint density at radius 2 is 1.25 bits per heavy atom. The Hall–Kier alpha value is -1.96. The molecule has 3 saturated heterocycles. The highest BCUT2D eigenvalue weighted by Gasteiger charge is 2.69. The van der Waals surface area contributed by atoms with Gasteiger partial charge in [0.1, 0.15) is 79.3 Å². The van der Waals surface area contributed by atoms with Crippen LogP contribution in [0, 0.1) is 28.1 Å². The van der Waals surface area contributed by atoms with Gasteiger partial charge >= 0.3 is 5.97 Å². The maximum atomic E-state index is 13.8. The average molecular weight is 876 g/mol. The van der Waals surface area contributed by atoms with Crippen LogP contribution in [0.4, 0.5) is 0 Å². The minimum absolute atomic E-state index is 0.0298. The minimum Gasteiger partial charge on any atom is -0.480 e. The Morgan fingerprint density at radius 1 is 0.721 bits per heavy atom. The van der Waals surface area contributed by atoms with Crippen LogP contribution in [0.3, 0.4) is 0 Å². The van der Waals surface area contributed by atoms with Gasteiger partial charge in [0.05, 0.1) is 25.4 Å². The van der Waals surface area contributed by atoms with E-state index >= 15 is 0 Å². The summed E-state index contributed by atoms with van der Waals surface area (Å²) in [5.41, 5.74) is -1.74. The molecule has 22 atom stereocenters. The number of aliphatic hydroxyl groups is 10. The van der Waals surface area contributed by atoms with Crippen molar-refractivity contribution >= 4 is 11.9 Å². The van der Waals surface area contributed by atoms with Gasteiger partial charge in [-0.15, -0.1) is 0 Å². The van der Waals surface area contributed by atoms with E-state index in [0.29, 0.717) is 38.5 Å². The number of carboxylic acids is 1. The molecule has 61 heavy (non-hydrogen) atoms. The molecule has 348 valence electrons. The molecule has 3 heterocycles. The van der Waals surface area contributed by atoms with E-state index in [-0.39, 0.29) is 28.6 Å². The number of ether oxygens (including phenoxy) is 6. The molecular formula is C41H65NO19. The van der Waals surface area contributed by atoms with Crippen molar-refractivity contribution in [3.05, 3.63) is 12.2 Å². The fraction of sp³-hybridized carbons (Fsp3) is 0.902. The number of rotatable bonds is 12. The van der Waals surface area contributed by atoms with Gasteiger partial charge in [-0.05, 0) is 86.5 Å². The van der Waals surface area contributed by atoms with Gasteiger partial charge in [0.15, 0.2) is 18.9 Å². The summed E-state index contributed by atoms with van der Waals surface area (Å²) in [5, 5.41) is 118. The molecule has 4 saturated carbocycles. The first-order valence-corrected chi connectivity index (χ1v) is 21.5. The van der Waals surface area contributed by atoms with E-state index in [1.54, 1.807) is 0 Å². The van der Waals surface area contributed by atoms with Crippen molar-refractivity contribution in [1.29, 1.82) is 0 Å². The van der Waals surface area contributed by atoms with Crippen LogP contribution >= 0.6 is 0 Å². The Morgan fingerprint density at radius 3 is 1.80 bits per heavy atom. The zero-order chi connectivity index (χ0) is 44.6. The second-order valence-corrected chi connectivity index (χ2v) is 19.2. The van der Waals surface area contributed by atoms with Crippen LogP contribution < -0.4 is 5.32 Å². The number of nitrogens with one attached hydrogen (secondary N) is 1. The molecule has 1 spiro atoms.